The van der Waals surface area contributed by atoms with Gasteiger partial charge >= 0.3 is 5.97 Å². The van der Waals surface area contributed by atoms with E-state index < -0.39 is 5.97 Å². The average molecular weight is 300 g/mol. The molecule has 0 amide bonds. The van der Waals surface area contributed by atoms with Crippen molar-refractivity contribution in [3.8, 4) is 11.3 Å². The largest absolute Gasteiger partial charge is 0.481 e. The molecule has 0 aliphatic heterocycles. The minimum atomic E-state index is -0.868. The highest BCUT2D eigenvalue weighted by Gasteiger charge is 2.11. The van der Waals surface area contributed by atoms with Gasteiger partial charge in [-0.1, -0.05) is 11.6 Å². The zero-order chi connectivity index (χ0) is 13.1. The van der Waals surface area contributed by atoms with Gasteiger partial charge in [-0.2, -0.15) is 0 Å². The number of rotatable bonds is 4. The monoisotopic (exact) mass is 299 g/mol. The van der Waals surface area contributed by atoms with Gasteiger partial charge in [-0.25, -0.2) is 4.98 Å². The van der Waals surface area contributed by atoms with Crippen LogP contribution in [0.3, 0.4) is 0 Å². The molecule has 6 heteroatoms. The number of halogens is 1. The number of thiazole rings is 1. The molecule has 0 saturated heterocycles. The molecule has 0 fully saturated rings. The van der Waals surface area contributed by atoms with Crippen LogP contribution in [0.5, 0.6) is 0 Å². The van der Waals surface area contributed by atoms with Crippen molar-refractivity contribution in [1.29, 1.82) is 0 Å². The summed E-state index contributed by atoms with van der Waals surface area (Å²) in [4.78, 5) is 16.0. The molecular weight excluding hydrogens is 290 g/mol. The topological polar surface area (TPSA) is 50.2 Å². The van der Waals surface area contributed by atoms with Gasteiger partial charge in [0.05, 0.1) is 12.1 Å². The third-order valence-electron chi connectivity index (χ3n) is 2.29. The molecule has 0 radical (unpaired) electrons. The van der Waals surface area contributed by atoms with E-state index in [1.807, 2.05) is 29.8 Å². The van der Waals surface area contributed by atoms with Crippen molar-refractivity contribution in [3.05, 3.63) is 33.6 Å². The maximum absolute atomic E-state index is 10.6. The van der Waals surface area contributed by atoms with Gasteiger partial charge in [0.25, 0.3) is 0 Å². The molecule has 1 aromatic heterocycles. The lowest BCUT2D eigenvalue weighted by atomic mass is 10.2. The molecule has 2 rings (SSSR count). The molecule has 0 spiro atoms. The number of carboxylic acids is 1. The Morgan fingerprint density at radius 2 is 2.33 bits per heavy atom. The van der Waals surface area contributed by atoms with E-state index in [9.17, 15) is 4.79 Å². The van der Waals surface area contributed by atoms with Crippen LogP contribution < -0.4 is 0 Å². The van der Waals surface area contributed by atoms with Gasteiger partial charge in [0.15, 0.2) is 0 Å². The number of hydrogen-bond donors (Lipinski definition) is 1. The Morgan fingerprint density at radius 3 is 3.00 bits per heavy atom. The quantitative estimate of drug-likeness (QED) is 0.872. The lowest BCUT2D eigenvalue weighted by Crippen LogP contribution is -1.99. The average Bonchev–Trinajstić information content (AvgIpc) is 2.76. The first-order chi connectivity index (χ1) is 8.60. The summed E-state index contributed by atoms with van der Waals surface area (Å²) < 4.78 is 0. The van der Waals surface area contributed by atoms with Crippen molar-refractivity contribution < 1.29 is 9.90 Å². The highest BCUT2D eigenvalue weighted by Crippen LogP contribution is 2.33. The summed E-state index contributed by atoms with van der Waals surface area (Å²) in [6.07, 6.45) is 1.94. The molecule has 1 N–H and O–H groups in total. The first-order valence-corrected chi connectivity index (χ1v) is 7.58. The SMILES string of the molecule is CSc1ccc(Cl)cc1-c1csc(CC(=O)O)n1. The summed E-state index contributed by atoms with van der Waals surface area (Å²) in [5.74, 6) is -0.868. The Labute approximate surface area is 118 Å². The van der Waals surface area contributed by atoms with Gasteiger partial charge in [0.1, 0.15) is 5.01 Å². The molecule has 0 bridgehead atoms. The van der Waals surface area contributed by atoms with E-state index in [1.54, 1.807) is 11.8 Å². The van der Waals surface area contributed by atoms with Crippen LogP contribution in [0.25, 0.3) is 11.3 Å². The van der Waals surface area contributed by atoms with E-state index in [4.69, 9.17) is 16.7 Å². The van der Waals surface area contributed by atoms with Crippen molar-refractivity contribution in [2.45, 2.75) is 11.3 Å². The van der Waals surface area contributed by atoms with Crippen LogP contribution in [0.15, 0.2) is 28.5 Å². The standard InChI is InChI=1S/C12H10ClNO2S2/c1-17-10-3-2-7(13)4-8(10)9-6-18-11(14-9)5-12(15)16/h2-4,6H,5H2,1H3,(H,15,16). The summed E-state index contributed by atoms with van der Waals surface area (Å²) in [7, 11) is 0. The van der Waals surface area contributed by atoms with Crippen LogP contribution in [-0.4, -0.2) is 22.3 Å². The zero-order valence-corrected chi connectivity index (χ0v) is 11.9. The van der Waals surface area contributed by atoms with Gasteiger partial charge in [-0.3, -0.25) is 4.79 Å². The Morgan fingerprint density at radius 1 is 1.56 bits per heavy atom. The van der Waals surface area contributed by atoms with E-state index in [1.165, 1.54) is 11.3 Å². The maximum Gasteiger partial charge on any atom is 0.310 e. The minimum Gasteiger partial charge on any atom is -0.481 e. The molecule has 3 nitrogen and oxygen atoms in total. The van der Waals surface area contributed by atoms with Crippen LogP contribution in [0, 0.1) is 0 Å². The number of hydrogen-bond acceptors (Lipinski definition) is 4. The van der Waals surface area contributed by atoms with Crippen LogP contribution >= 0.6 is 34.7 Å². The number of benzene rings is 1. The summed E-state index contributed by atoms with van der Waals surface area (Å²) >= 11 is 8.95. The van der Waals surface area contributed by atoms with E-state index >= 15 is 0 Å². The molecule has 0 aliphatic rings. The van der Waals surface area contributed by atoms with Gasteiger partial charge < -0.3 is 5.11 Å². The van der Waals surface area contributed by atoms with Gasteiger partial charge in [-0.15, -0.1) is 23.1 Å². The van der Waals surface area contributed by atoms with Gasteiger partial charge in [0.2, 0.25) is 0 Å². The fourth-order valence-electron chi connectivity index (χ4n) is 1.53. The number of carbonyl (C=O) groups is 1. The second-order valence-corrected chi connectivity index (χ2v) is 5.77. The molecule has 0 atom stereocenters. The number of nitrogens with zero attached hydrogens (tertiary/aromatic N) is 1. The summed E-state index contributed by atoms with van der Waals surface area (Å²) in [6, 6.07) is 5.63. The van der Waals surface area contributed by atoms with E-state index in [0.29, 0.717) is 10.0 Å². The molecule has 0 saturated carbocycles. The third kappa shape index (κ3) is 3.04. The van der Waals surface area contributed by atoms with Crippen molar-refractivity contribution in [1.82, 2.24) is 4.98 Å². The lowest BCUT2D eigenvalue weighted by Gasteiger charge is -2.04. The van der Waals surface area contributed by atoms with Gasteiger partial charge in [0, 0.05) is 20.9 Å². The predicted molar refractivity (Wildman–Crippen MR) is 75.7 cm³/mol. The molecule has 2 aromatic rings. The summed E-state index contributed by atoms with van der Waals surface area (Å²) in [5, 5.41) is 11.8. The summed E-state index contributed by atoms with van der Waals surface area (Å²) in [6.45, 7) is 0. The van der Waals surface area contributed by atoms with Crippen molar-refractivity contribution in [3.63, 3.8) is 0 Å². The zero-order valence-electron chi connectivity index (χ0n) is 9.51. The first-order valence-electron chi connectivity index (χ1n) is 5.10. The summed E-state index contributed by atoms with van der Waals surface area (Å²) in [5.41, 5.74) is 1.73. The van der Waals surface area contributed by atoms with Crippen LogP contribution in [0.4, 0.5) is 0 Å². The number of aromatic nitrogens is 1. The van der Waals surface area contributed by atoms with E-state index in [-0.39, 0.29) is 6.42 Å². The van der Waals surface area contributed by atoms with Gasteiger partial charge in [-0.05, 0) is 24.5 Å². The Balaban J connectivity index is 2.38. The Hall–Kier alpha value is -1.04. The van der Waals surface area contributed by atoms with E-state index in [0.717, 1.165) is 16.2 Å². The lowest BCUT2D eigenvalue weighted by molar-refractivity contribution is -0.136. The number of thioether (sulfide) groups is 1. The Bertz CT molecular complexity index is 583. The predicted octanol–water partition coefficient (Wildman–Crippen LogP) is 3.81. The fraction of sp³-hybridized carbons (Fsp3) is 0.167. The van der Waals surface area contributed by atoms with Crippen LogP contribution in [0.2, 0.25) is 5.02 Å². The first kappa shape index (κ1) is 13.4. The van der Waals surface area contributed by atoms with Crippen molar-refractivity contribution >= 4 is 40.7 Å². The highest BCUT2D eigenvalue weighted by atomic mass is 35.5. The second-order valence-electron chi connectivity index (χ2n) is 3.54. The van der Waals surface area contributed by atoms with Crippen LogP contribution in [-0.2, 0) is 11.2 Å². The molecule has 0 aliphatic carbocycles. The molecular formula is C12H10ClNO2S2. The van der Waals surface area contributed by atoms with E-state index in [2.05, 4.69) is 4.98 Å². The molecule has 0 unspecified atom stereocenters. The minimum absolute atomic E-state index is 0.0418. The molecule has 18 heavy (non-hydrogen) atoms. The smallest absolute Gasteiger partial charge is 0.310 e. The highest BCUT2D eigenvalue weighted by molar-refractivity contribution is 7.98. The molecule has 1 aromatic carbocycles. The second kappa shape index (κ2) is 5.73. The maximum atomic E-state index is 10.6. The third-order valence-corrected chi connectivity index (χ3v) is 4.17. The van der Waals surface area contributed by atoms with Crippen LogP contribution in [0.1, 0.15) is 5.01 Å². The Kier molecular flexibility index (Phi) is 4.27. The van der Waals surface area contributed by atoms with Crippen molar-refractivity contribution in [2.24, 2.45) is 0 Å². The number of aliphatic carboxylic acids is 1. The molecule has 1 heterocycles. The normalized spacial score (nSPS) is 10.6. The molecule has 94 valence electrons. The fourth-order valence-corrected chi connectivity index (χ4v) is 3.07. The number of carboxylic acid groups (broad SMARTS) is 1. The van der Waals surface area contributed by atoms with Crippen molar-refractivity contribution in [2.75, 3.05) is 6.26 Å².